The summed E-state index contributed by atoms with van der Waals surface area (Å²) < 4.78 is 33.3. The largest absolute Gasteiger partial charge is 0.496 e. The van der Waals surface area contributed by atoms with Crippen molar-refractivity contribution in [3.63, 3.8) is 0 Å². The molecule has 0 aromatic heterocycles. The zero-order chi connectivity index (χ0) is 17.9. The summed E-state index contributed by atoms with van der Waals surface area (Å²) in [5, 5.41) is 3.18. The Labute approximate surface area is 158 Å². The predicted molar refractivity (Wildman–Crippen MR) is 104 cm³/mol. The zero-order valence-electron chi connectivity index (χ0n) is 15.8. The first-order chi connectivity index (χ1) is 11.3. The lowest BCUT2D eigenvalue weighted by atomic mass is 9.98. The van der Waals surface area contributed by atoms with E-state index in [0.29, 0.717) is 23.9 Å². The predicted octanol–water partition coefficient (Wildman–Crippen LogP) is 3.17. The highest BCUT2D eigenvalue weighted by Crippen LogP contribution is 2.33. The molecular weight excluding hydrogens is 360 g/mol. The van der Waals surface area contributed by atoms with Crippen LogP contribution in [0.4, 0.5) is 0 Å². The molecule has 0 atom stereocenters. The van der Waals surface area contributed by atoms with Crippen molar-refractivity contribution < 1.29 is 13.2 Å². The maximum atomic E-state index is 13.1. The van der Waals surface area contributed by atoms with Crippen LogP contribution in [0.3, 0.4) is 0 Å². The van der Waals surface area contributed by atoms with Crippen molar-refractivity contribution in [3.05, 3.63) is 23.3 Å². The number of nitrogens with one attached hydrogen (secondary N) is 1. The molecule has 1 aromatic rings. The van der Waals surface area contributed by atoms with Crippen molar-refractivity contribution >= 4 is 22.4 Å². The van der Waals surface area contributed by atoms with Crippen molar-refractivity contribution in [1.29, 1.82) is 0 Å². The molecule has 0 amide bonds. The van der Waals surface area contributed by atoms with Crippen molar-refractivity contribution in [1.82, 2.24) is 9.62 Å². The van der Waals surface area contributed by atoms with Crippen LogP contribution in [0, 0.1) is 12.8 Å². The van der Waals surface area contributed by atoms with E-state index >= 15 is 0 Å². The Balaban J connectivity index is 0.00000312. The Bertz CT molecular complexity index is 669. The number of sulfonamides is 1. The van der Waals surface area contributed by atoms with Crippen molar-refractivity contribution in [2.75, 3.05) is 33.8 Å². The van der Waals surface area contributed by atoms with Crippen LogP contribution in [0.25, 0.3) is 0 Å². The molecule has 1 heterocycles. The van der Waals surface area contributed by atoms with Gasteiger partial charge in [-0.15, -0.1) is 12.4 Å². The Kier molecular flexibility index (Phi) is 8.19. The van der Waals surface area contributed by atoms with Crippen molar-refractivity contribution in [3.8, 4) is 5.75 Å². The average molecular weight is 391 g/mol. The van der Waals surface area contributed by atoms with E-state index in [1.807, 2.05) is 33.9 Å². The summed E-state index contributed by atoms with van der Waals surface area (Å²) >= 11 is 0. The van der Waals surface area contributed by atoms with Gasteiger partial charge in [0.15, 0.2) is 0 Å². The second-order valence-corrected chi connectivity index (χ2v) is 8.83. The smallest absolute Gasteiger partial charge is 0.243 e. The minimum absolute atomic E-state index is 0. The van der Waals surface area contributed by atoms with Crippen LogP contribution in [-0.2, 0) is 10.0 Å². The average Bonchev–Trinajstić information content (AvgIpc) is 2.54. The summed E-state index contributed by atoms with van der Waals surface area (Å²) in [6.45, 7) is 8.08. The summed E-state index contributed by atoms with van der Waals surface area (Å²) in [6, 6.07) is 3.64. The third-order valence-corrected chi connectivity index (χ3v) is 6.87. The summed E-state index contributed by atoms with van der Waals surface area (Å²) in [5.74, 6) is 1.52. The highest BCUT2D eigenvalue weighted by Gasteiger charge is 2.31. The van der Waals surface area contributed by atoms with E-state index in [4.69, 9.17) is 4.74 Å². The number of hydrogen-bond donors (Lipinski definition) is 1. The van der Waals surface area contributed by atoms with Gasteiger partial charge in [-0.1, -0.05) is 13.8 Å². The van der Waals surface area contributed by atoms with E-state index in [9.17, 15) is 8.42 Å². The van der Waals surface area contributed by atoms with Gasteiger partial charge in [0.2, 0.25) is 10.0 Å². The van der Waals surface area contributed by atoms with Gasteiger partial charge in [-0.05, 0) is 68.5 Å². The van der Waals surface area contributed by atoms with Gasteiger partial charge in [0.1, 0.15) is 5.75 Å². The van der Waals surface area contributed by atoms with Crippen LogP contribution in [0.5, 0.6) is 5.75 Å². The Morgan fingerprint density at radius 3 is 2.36 bits per heavy atom. The molecule has 5 nitrogen and oxygen atoms in total. The molecule has 0 saturated carbocycles. The lowest BCUT2D eigenvalue weighted by Crippen LogP contribution is -2.40. The quantitative estimate of drug-likeness (QED) is 0.810. The number of halogens is 1. The van der Waals surface area contributed by atoms with Crippen molar-refractivity contribution in [2.45, 2.75) is 44.4 Å². The Morgan fingerprint density at radius 1 is 1.28 bits per heavy atom. The number of nitrogens with zero attached hydrogens (tertiary/aromatic N) is 1. The van der Waals surface area contributed by atoms with Gasteiger partial charge in [-0.2, -0.15) is 4.31 Å². The van der Waals surface area contributed by atoms with Gasteiger partial charge < -0.3 is 10.1 Å². The molecule has 1 saturated heterocycles. The van der Waals surface area contributed by atoms with E-state index in [1.165, 1.54) is 0 Å². The van der Waals surface area contributed by atoms with Gasteiger partial charge in [-0.25, -0.2) is 8.42 Å². The van der Waals surface area contributed by atoms with Gasteiger partial charge in [0.05, 0.1) is 12.0 Å². The molecule has 0 bridgehead atoms. The highest BCUT2D eigenvalue weighted by molar-refractivity contribution is 7.89. The number of ether oxygens (including phenoxy) is 1. The molecule has 0 radical (unpaired) electrons. The van der Waals surface area contributed by atoms with Crippen LogP contribution in [-0.4, -0.2) is 46.5 Å². The van der Waals surface area contributed by atoms with E-state index in [0.717, 1.165) is 36.3 Å². The van der Waals surface area contributed by atoms with E-state index in [1.54, 1.807) is 17.5 Å². The number of rotatable bonds is 6. The second kappa shape index (κ2) is 9.21. The Morgan fingerprint density at radius 2 is 1.88 bits per heavy atom. The molecule has 2 rings (SSSR count). The molecule has 0 aliphatic carbocycles. The van der Waals surface area contributed by atoms with Crippen LogP contribution < -0.4 is 10.1 Å². The maximum Gasteiger partial charge on any atom is 0.243 e. The van der Waals surface area contributed by atoms with Gasteiger partial charge in [-0.3, -0.25) is 0 Å². The molecule has 0 unspecified atom stereocenters. The molecule has 1 N–H and O–H groups in total. The van der Waals surface area contributed by atoms with Crippen LogP contribution in [0.1, 0.15) is 43.7 Å². The number of piperidine rings is 1. The molecule has 7 heteroatoms. The normalized spacial score (nSPS) is 16.7. The van der Waals surface area contributed by atoms with Crippen LogP contribution >= 0.6 is 12.4 Å². The monoisotopic (exact) mass is 390 g/mol. The SMILES string of the molecule is CNCC1CCN(S(=O)(=O)c2cc(C(C)C)c(OC)cc2C)CC1.Cl. The number of aryl methyl sites for hydroxylation is 1. The topological polar surface area (TPSA) is 58.6 Å². The molecule has 1 aromatic carbocycles. The highest BCUT2D eigenvalue weighted by atomic mass is 35.5. The molecule has 0 spiro atoms. The van der Waals surface area contributed by atoms with Crippen LogP contribution in [0.2, 0.25) is 0 Å². The molecule has 25 heavy (non-hydrogen) atoms. The lowest BCUT2D eigenvalue weighted by molar-refractivity contribution is 0.270. The number of hydrogen-bond acceptors (Lipinski definition) is 4. The fraction of sp³-hybridized carbons (Fsp3) is 0.667. The summed E-state index contributed by atoms with van der Waals surface area (Å²) in [4.78, 5) is 0.416. The van der Waals surface area contributed by atoms with Crippen LogP contribution in [0.15, 0.2) is 17.0 Å². The standard InChI is InChI=1S/C18H30N2O3S.ClH/c1-13(2)16-11-18(14(3)10-17(16)23-5)24(21,22)20-8-6-15(7-9-20)12-19-4;/h10-11,13,15,19H,6-9,12H2,1-5H3;1H. The molecular formula is C18H31ClN2O3S. The molecule has 144 valence electrons. The van der Waals surface area contributed by atoms with Gasteiger partial charge in [0, 0.05) is 13.1 Å². The van der Waals surface area contributed by atoms with Gasteiger partial charge in [0.25, 0.3) is 0 Å². The fourth-order valence-corrected chi connectivity index (χ4v) is 5.08. The number of methoxy groups -OCH3 is 1. The summed E-state index contributed by atoms with van der Waals surface area (Å²) in [6.07, 6.45) is 1.82. The molecule has 1 fully saturated rings. The summed E-state index contributed by atoms with van der Waals surface area (Å²) in [5.41, 5.74) is 1.68. The number of benzene rings is 1. The molecule has 1 aliphatic rings. The Hall–Kier alpha value is -0.820. The first-order valence-corrected chi connectivity index (χ1v) is 10.1. The lowest BCUT2D eigenvalue weighted by Gasteiger charge is -2.31. The third kappa shape index (κ3) is 4.88. The van der Waals surface area contributed by atoms with E-state index < -0.39 is 10.0 Å². The van der Waals surface area contributed by atoms with Gasteiger partial charge >= 0.3 is 0 Å². The van der Waals surface area contributed by atoms with E-state index in [2.05, 4.69) is 5.32 Å². The third-order valence-electron chi connectivity index (χ3n) is 4.83. The zero-order valence-corrected chi connectivity index (χ0v) is 17.5. The minimum atomic E-state index is -3.45. The van der Waals surface area contributed by atoms with Crippen molar-refractivity contribution in [2.24, 2.45) is 5.92 Å². The first kappa shape index (κ1) is 22.2. The van der Waals surface area contributed by atoms with E-state index in [-0.39, 0.29) is 18.3 Å². The fourth-order valence-electron chi connectivity index (χ4n) is 3.36. The minimum Gasteiger partial charge on any atom is -0.496 e. The second-order valence-electron chi connectivity index (χ2n) is 6.92. The maximum absolute atomic E-state index is 13.1. The summed E-state index contributed by atoms with van der Waals surface area (Å²) in [7, 11) is 0.113. The first-order valence-electron chi connectivity index (χ1n) is 8.64. The molecule has 1 aliphatic heterocycles.